The second-order valence-electron chi connectivity index (χ2n) is 23.9. The van der Waals surface area contributed by atoms with E-state index < -0.39 is 51.2 Å². The lowest BCUT2D eigenvalue weighted by molar-refractivity contribution is -0.158. The molecule has 1 fully saturated rings. The number of methoxy groups -OCH3 is 2. The topological polar surface area (TPSA) is 390 Å². The number of nitrogens with two attached hydrogens (primary N) is 4. The zero-order chi connectivity index (χ0) is 71.4. The van der Waals surface area contributed by atoms with Crippen LogP contribution in [0.1, 0.15) is 202 Å². The van der Waals surface area contributed by atoms with Crippen molar-refractivity contribution < 1.29 is 72.9 Å². The van der Waals surface area contributed by atoms with Gasteiger partial charge in [0.15, 0.2) is 11.6 Å². The van der Waals surface area contributed by atoms with Crippen LogP contribution in [0.5, 0.6) is 0 Å². The number of ether oxygens (including phenoxy) is 4. The Morgan fingerprint density at radius 2 is 1.11 bits per heavy atom. The van der Waals surface area contributed by atoms with E-state index in [1.807, 2.05) is 120 Å². The van der Waals surface area contributed by atoms with Gasteiger partial charge in [0.2, 0.25) is 15.7 Å². The first-order chi connectivity index (χ1) is 42.9. The minimum atomic E-state index is -1.03. The number of aliphatic hydroxyl groups is 3. The molecule has 0 aliphatic carbocycles. The van der Waals surface area contributed by atoms with E-state index in [0.717, 1.165) is 68.9 Å². The number of amides is 2. The third-order valence-electron chi connectivity index (χ3n) is 14.1. The quantitative estimate of drug-likeness (QED) is 0.0247. The van der Waals surface area contributed by atoms with Crippen LogP contribution in [0.4, 0.5) is 9.59 Å². The van der Waals surface area contributed by atoms with Crippen LogP contribution in [-0.4, -0.2) is 164 Å². The number of carboxylic acid groups (broad SMARTS) is 1. The number of benzene rings is 3. The highest BCUT2D eigenvalue weighted by molar-refractivity contribution is 6.57. The van der Waals surface area contributed by atoms with E-state index in [-0.39, 0.29) is 61.4 Å². The van der Waals surface area contributed by atoms with Crippen molar-refractivity contribution in [1.29, 1.82) is 0 Å². The first-order valence-electron chi connectivity index (χ1n) is 31.3. The molecule has 2 aliphatic heterocycles. The van der Waals surface area contributed by atoms with Crippen molar-refractivity contribution in [2.24, 2.45) is 27.9 Å². The van der Waals surface area contributed by atoms with Crippen LogP contribution in [-0.2, 0) is 42.9 Å². The summed E-state index contributed by atoms with van der Waals surface area (Å²) in [6.07, 6.45) is 9.47. The van der Waals surface area contributed by atoms with Gasteiger partial charge in [-0.3, -0.25) is 34.3 Å². The van der Waals surface area contributed by atoms with E-state index in [1.54, 1.807) is 27.7 Å². The van der Waals surface area contributed by atoms with Gasteiger partial charge < -0.3 is 72.9 Å². The Bertz CT molecular complexity index is 2590. The molecule has 2 aliphatic rings. The van der Waals surface area contributed by atoms with Crippen LogP contribution in [0.2, 0.25) is 0 Å². The van der Waals surface area contributed by atoms with Crippen molar-refractivity contribution in [3.05, 3.63) is 108 Å². The summed E-state index contributed by atoms with van der Waals surface area (Å²) < 4.78 is 19.4. The lowest BCUT2D eigenvalue weighted by Gasteiger charge is -2.38. The van der Waals surface area contributed by atoms with Gasteiger partial charge >= 0.3 is 29.8 Å². The summed E-state index contributed by atoms with van der Waals surface area (Å²) in [7, 11) is 12.5. The van der Waals surface area contributed by atoms with Crippen molar-refractivity contribution in [2.75, 3.05) is 47.3 Å². The number of rotatable bonds is 23. The Morgan fingerprint density at radius 3 is 1.48 bits per heavy atom. The number of aliphatic imine (C=N–C) groups is 1. The van der Waals surface area contributed by atoms with Crippen LogP contribution >= 0.6 is 0 Å². The maximum Gasteiger partial charge on any atom is 0.352 e. The highest BCUT2D eigenvalue weighted by Crippen LogP contribution is 2.27. The summed E-state index contributed by atoms with van der Waals surface area (Å²) in [5, 5.41) is 42.9. The molecule has 0 unspecified atom stereocenters. The lowest BCUT2D eigenvalue weighted by atomic mass is 9.92. The van der Waals surface area contributed by atoms with Gasteiger partial charge in [0.1, 0.15) is 47.1 Å². The van der Waals surface area contributed by atoms with Gasteiger partial charge in [-0.25, -0.2) is 9.59 Å². The average Bonchev–Trinajstić information content (AvgIpc) is 0.849. The number of carboxylic acids is 1. The first-order valence-corrected chi connectivity index (χ1v) is 31.3. The van der Waals surface area contributed by atoms with E-state index in [9.17, 15) is 33.6 Å². The molecule has 3 aromatic carbocycles. The van der Waals surface area contributed by atoms with Crippen LogP contribution in [0.25, 0.3) is 0 Å². The van der Waals surface area contributed by atoms with Gasteiger partial charge in [0.05, 0.1) is 51.7 Å². The molecule has 0 aromatic heterocycles. The summed E-state index contributed by atoms with van der Waals surface area (Å²) in [4.78, 5) is 80.6. The molecule has 516 valence electrons. The van der Waals surface area contributed by atoms with Gasteiger partial charge in [0.25, 0.3) is 0 Å². The van der Waals surface area contributed by atoms with Gasteiger partial charge in [0, 0.05) is 5.54 Å². The number of aliphatic carboxylic acids is 1. The van der Waals surface area contributed by atoms with Gasteiger partial charge in [-0.1, -0.05) is 171 Å². The number of nitrogens with zero attached hydrogens (tertiary/aromatic N) is 1. The highest BCUT2D eigenvalue weighted by atomic mass is 16.5. The summed E-state index contributed by atoms with van der Waals surface area (Å²) in [5.41, 5.74) is 21.5. The average molecular weight is 1290 g/mol. The molecule has 3 aromatic rings. The number of hydrogen-bond acceptors (Lipinski definition) is 20. The van der Waals surface area contributed by atoms with Gasteiger partial charge in [-0.2, -0.15) is 0 Å². The molecular formula is C67H112B2N8O15. The zero-order valence-corrected chi connectivity index (χ0v) is 57.6. The lowest BCUT2D eigenvalue weighted by Crippen LogP contribution is -2.56. The van der Waals surface area contributed by atoms with Crippen LogP contribution < -0.4 is 38.9 Å². The third-order valence-corrected chi connectivity index (χ3v) is 14.1. The number of cyclic esters (lactones) is 2. The molecule has 23 nitrogen and oxygen atoms in total. The van der Waals surface area contributed by atoms with Crippen molar-refractivity contribution >= 4 is 62.9 Å². The number of hydrogen-bond donors (Lipinski definition) is 11. The smallest absolute Gasteiger partial charge is 0.352 e. The SMILES string of the molecule is CC1=N[C@@H](c2ccccc2)COC1=O.CCC[C@](C)(N)C(=O)O.CCC[C@](C)(N)C(=O)OC.CCC[C@](C)(N)CO.CCC[C@]1(C)N[C@@H](c2ccccc2)COC1=O.N[C@H](CO)c1ccccc1.[B]C(=O)N[C@@](C)(CCC)C(=O)OC.[B]C(=O)N[C@](C)(CO)CCC. The molecule has 0 bridgehead atoms. The summed E-state index contributed by atoms with van der Waals surface area (Å²) >= 11 is 0. The maximum absolute atomic E-state index is 11.8. The Kier molecular flexibility index (Phi) is 46.1. The Hall–Kier alpha value is -6.57. The largest absolute Gasteiger partial charge is 0.480 e. The monoisotopic (exact) mass is 1290 g/mol. The number of nitrogens with one attached hydrogen (secondary N) is 3. The molecular weight excluding hydrogens is 1180 g/mol. The minimum Gasteiger partial charge on any atom is -0.480 e. The third kappa shape index (κ3) is 37.8. The standard InChI is InChI=1S/C14H19NO2.C11H11NO2.C8H14BNO3.C8H11NO.C7H14BNO2.C7H15NO2.C6H13NO2.C6H15NO/c1-3-9-14(2)13(16)17-10-12(15-14)11-7-5-4-6-8-11;1-8-11(13)14-7-10(12-8)9-5-3-2-4-6-9;1-4-5-8(2,6(11)13-3)10-7(9)12;9-8(6-10)7-4-2-1-3-5-7;1-3-4-7(2,5-10)9-6(8)11;1-4-5-7(2,8)6(9)10-3;1-3-4-6(2,7)5(8)9;1-3-4-6(2,7)5-8/h4-8,12,15H,3,9-10H2,1-2H3;2-6,10H,7H2,1H3;4-5H2,1-3H3,(H,10,12);1-5,8,10H,6,9H2;10H,3-5H2,1-2H3,(H,9,11);4-5,8H2,1-3H3;3-4,7H2,1-2H3,(H,8,9);8H,3-5,7H2,1-2H3/t12-,14+;10-;2*8-;2*7-;2*6-/m11010000/s1. The highest BCUT2D eigenvalue weighted by Gasteiger charge is 2.41. The Balaban J connectivity index is -0.000000996. The van der Waals surface area contributed by atoms with Gasteiger partial charge in [-0.15, -0.1) is 0 Å². The molecule has 2 amide bonds. The molecule has 9 atom stereocenters. The van der Waals surface area contributed by atoms with Crippen LogP contribution in [0, 0.1) is 0 Å². The molecule has 4 radical (unpaired) electrons. The van der Waals surface area contributed by atoms with E-state index in [1.165, 1.54) is 26.7 Å². The summed E-state index contributed by atoms with van der Waals surface area (Å²) in [6, 6.07) is 29.3. The molecule has 92 heavy (non-hydrogen) atoms. The summed E-state index contributed by atoms with van der Waals surface area (Å²) in [5.74, 6) is -3.49. The first kappa shape index (κ1) is 89.6. The van der Waals surface area contributed by atoms with E-state index >= 15 is 0 Å². The minimum absolute atomic E-state index is 0.00398. The van der Waals surface area contributed by atoms with Crippen molar-refractivity contribution in [3.63, 3.8) is 0 Å². The van der Waals surface area contributed by atoms with Crippen molar-refractivity contribution in [3.8, 4) is 0 Å². The number of morpholine rings is 1. The van der Waals surface area contributed by atoms with E-state index in [2.05, 4.69) is 56.4 Å². The fourth-order valence-electron chi connectivity index (χ4n) is 8.95. The van der Waals surface area contributed by atoms with E-state index in [0.29, 0.717) is 38.2 Å². The molecule has 0 spiro atoms. The number of carbonyl (C=O) groups excluding carboxylic acids is 6. The predicted molar refractivity (Wildman–Crippen MR) is 364 cm³/mol. The Morgan fingerprint density at radius 1 is 0.652 bits per heavy atom. The number of carbonyl (C=O) groups is 7. The molecule has 1 saturated heterocycles. The molecule has 2 heterocycles. The van der Waals surface area contributed by atoms with Crippen LogP contribution in [0.15, 0.2) is 96.0 Å². The van der Waals surface area contributed by atoms with Crippen molar-refractivity contribution in [1.82, 2.24) is 16.0 Å². The second-order valence-corrected chi connectivity index (χ2v) is 23.9. The molecule has 15 N–H and O–H groups in total. The zero-order valence-electron chi connectivity index (χ0n) is 57.6. The van der Waals surface area contributed by atoms with Crippen LogP contribution in [0.3, 0.4) is 0 Å². The summed E-state index contributed by atoms with van der Waals surface area (Å²) in [6.45, 7) is 24.7. The normalized spacial score (nSPS) is 18.8. The molecule has 5 rings (SSSR count). The Labute approximate surface area is 550 Å². The van der Waals surface area contributed by atoms with Gasteiger partial charge in [-0.05, 0) is 104 Å². The van der Waals surface area contributed by atoms with Crippen molar-refractivity contribution in [2.45, 2.75) is 218 Å². The number of esters is 4. The van der Waals surface area contributed by atoms with E-state index in [4.69, 9.17) is 68.5 Å². The second kappa shape index (κ2) is 47.3. The molecule has 0 saturated carbocycles. The number of aliphatic hydroxyl groups excluding tert-OH is 3. The fourth-order valence-corrected chi connectivity index (χ4v) is 8.95. The fraction of sp³-hybridized carbons (Fsp3) is 0.612. The maximum atomic E-state index is 11.8. The molecule has 25 heteroatoms. The predicted octanol–water partition coefficient (Wildman–Crippen LogP) is 7.63.